The molecule has 1 aromatic heterocycles. The molecule has 2 saturated heterocycles. The predicted octanol–water partition coefficient (Wildman–Crippen LogP) is 2.93. The van der Waals surface area contributed by atoms with E-state index in [4.69, 9.17) is 0 Å². The molecule has 2 aliphatic heterocycles. The van der Waals surface area contributed by atoms with Crippen LogP contribution in [0.3, 0.4) is 0 Å². The summed E-state index contributed by atoms with van der Waals surface area (Å²) in [6.45, 7) is 2.68. The summed E-state index contributed by atoms with van der Waals surface area (Å²) in [6, 6.07) is 10.9. The number of likely N-dealkylation sites (tertiary alicyclic amines) is 1. The third kappa shape index (κ3) is 3.71. The highest BCUT2D eigenvalue weighted by Gasteiger charge is 2.34. The number of rotatable bonds is 4. The molecule has 0 saturated carbocycles. The fraction of sp³-hybridized carbons (Fsp3) is 0.476. The molecule has 5 nitrogen and oxygen atoms in total. The number of aromatic nitrogens is 2. The molecule has 2 aromatic rings. The summed E-state index contributed by atoms with van der Waals surface area (Å²) in [7, 11) is 0. The third-order valence-electron chi connectivity index (χ3n) is 5.69. The summed E-state index contributed by atoms with van der Waals surface area (Å²) < 4.78 is 0. The quantitative estimate of drug-likeness (QED) is 0.851. The Labute approximate surface area is 155 Å². The Kier molecular flexibility index (Phi) is 5.14. The molecule has 4 rings (SSSR count). The number of amides is 1. The van der Waals surface area contributed by atoms with Gasteiger partial charge in [-0.3, -0.25) is 9.78 Å². The molecule has 2 fully saturated rings. The zero-order chi connectivity index (χ0) is 17.8. The highest BCUT2D eigenvalue weighted by Crippen LogP contribution is 2.28. The van der Waals surface area contributed by atoms with Crippen LogP contribution < -0.4 is 4.90 Å². The van der Waals surface area contributed by atoms with E-state index >= 15 is 0 Å². The Balaban J connectivity index is 1.35. The number of nitrogens with zero attached hydrogens (tertiary/aromatic N) is 4. The molecule has 136 valence electrons. The molecular weight excluding hydrogens is 324 g/mol. The largest absolute Gasteiger partial charge is 0.355 e. The lowest BCUT2D eigenvalue weighted by Gasteiger charge is -2.35. The Hall–Kier alpha value is -2.43. The van der Waals surface area contributed by atoms with Crippen LogP contribution in [0.15, 0.2) is 48.9 Å². The summed E-state index contributed by atoms with van der Waals surface area (Å²) in [5.41, 5.74) is 1.33. The molecule has 1 unspecified atom stereocenters. The van der Waals surface area contributed by atoms with E-state index in [-0.39, 0.29) is 5.92 Å². The lowest BCUT2D eigenvalue weighted by atomic mass is 9.94. The van der Waals surface area contributed by atoms with Crippen molar-refractivity contribution in [2.75, 3.05) is 24.5 Å². The van der Waals surface area contributed by atoms with E-state index in [1.807, 2.05) is 6.07 Å². The van der Waals surface area contributed by atoms with E-state index in [2.05, 4.69) is 44.0 Å². The first kappa shape index (κ1) is 17.0. The van der Waals surface area contributed by atoms with E-state index in [0.29, 0.717) is 11.9 Å². The minimum Gasteiger partial charge on any atom is -0.355 e. The standard InChI is InChI=1S/C21H26N4O/c26-21(18-8-13-24(14-9-18)20-16-22-10-11-23-20)25-12-4-7-19(25)15-17-5-2-1-3-6-17/h1-3,5-6,10-11,16,18-19H,4,7-9,12-15H2. The minimum absolute atomic E-state index is 0.152. The normalized spacial score (nSPS) is 21.2. The second-order valence-corrected chi connectivity index (χ2v) is 7.34. The molecule has 0 N–H and O–H groups in total. The van der Waals surface area contributed by atoms with Crippen molar-refractivity contribution in [2.45, 2.75) is 38.1 Å². The molecule has 3 heterocycles. The smallest absolute Gasteiger partial charge is 0.226 e. The van der Waals surface area contributed by atoms with Gasteiger partial charge >= 0.3 is 0 Å². The van der Waals surface area contributed by atoms with Gasteiger partial charge in [0, 0.05) is 44.0 Å². The van der Waals surface area contributed by atoms with Crippen LogP contribution in [0, 0.1) is 5.92 Å². The summed E-state index contributed by atoms with van der Waals surface area (Å²) in [5.74, 6) is 1.43. The first-order chi connectivity index (χ1) is 12.8. The van der Waals surface area contributed by atoms with Gasteiger partial charge in [0.1, 0.15) is 5.82 Å². The van der Waals surface area contributed by atoms with Gasteiger partial charge in [-0.1, -0.05) is 30.3 Å². The van der Waals surface area contributed by atoms with Crippen LogP contribution in [0.1, 0.15) is 31.2 Å². The molecule has 0 spiro atoms. The Morgan fingerprint density at radius 1 is 1.04 bits per heavy atom. The van der Waals surface area contributed by atoms with Gasteiger partial charge in [0.25, 0.3) is 0 Å². The highest BCUT2D eigenvalue weighted by atomic mass is 16.2. The Bertz CT molecular complexity index is 713. The van der Waals surface area contributed by atoms with Crippen molar-refractivity contribution >= 4 is 11.7 Å². The van der Waals surface area contributed by atoms with Crippen molar-refractivity contribution in [1.29, 1.82) is 0 Å². The van der Waals surface area contributed by atoms with E-state index in [0.717, 1.165) is 57.6 Å². The second kappa shape index (κ2) is 7.85. The first-order valence-corrected chi connectivity index (χ1v) is 9.66. The number of carbonyl (C=O) groups excluding carboxylic acids is 1. The van der Waals surface area contributed by atoms with Crippen LogP contribution in [0.25, 0.3) is 0 Å². The van der Waals surface area contributed by atoms with Crippen LogP contribution in [-0.4, -0.2) is 46.5 Å². The third-order valence-corrected chi connectivity index (χ3v) is 5.69. The molecule has 0 aliphatic carbocycles. The summed E-state index contributed by atoms with van der Waals surface area (Å²) in [6.07, 6.45) is 10.3. The van der Waals surface area contributed by atoms with Crippen LogP contribution in [0.4, 0.5) is 5.82 Å². The van der Waals surface area contributed by atoms with E-state index in [1.54, 1.807) is 18.6 Å². The van der Waals surface area contributed by atoms with E-state index < -0.39 is 0 Å². The molecule has 1 aromatic carbocycles. The molecule has 5 heteroatoms. The molecule has 1 amide bonds. The summed E-state index contributed by atoms with van der Waals surface area (Å²) in [5, 5.41) is 0. The average molecular weight is 350 g/mol. The maximum Gasteiger partial charge on any atom is 0.226 e. The van der Waals surface area contributed by atoms with Gasteiger partial charge in [0.15, 0.2) is 0 Å². The molecule has 26 heavy (non-hydrogen) atoms. The van der Waals surface area contributed by atoms with Crippen LogP contribution in [0.2, 0.25) is 0 Å². The second-order valence-electron chi connectivity index (χ2n) is 7.34. The number of benzene rings is 1. The van der Waals surface area contributed by atoms with Crippen molar-refractivity contribution in [3.8, 4) is 0 Å². The lowest BCUT2D eigenvalue weighted by Crippen LogP contribution is -2.45. The number of anilines is 1. The molecular formula is C21H26N4O. The molecule has 2 aliphatic rings. The number of piperidine rings is 1. The summed E-state index contributed by atoms with van der Waals surface area (Å²) in [4.78, 5) is 26.0. The van der Waals surface area contributed by atoms with Gasteiger partial charge < -0.3 is 9.80 Å². The minimum atomic E-state index is 0.152. The van der Waals surface area contributed by atoms with E-state index in [9.17, 15) is 4.79 Å². The average Bonchev–Trinajstić information content (AvgIpc) is 3.17. The van der Waals surface area contributed by atoms with Gasteiger partial charge in [0.05, 0.1) is 6.20 Å². The highest BCUT2D eigenvalue weighted by molar-refractivity contribution is 5.79. The first-order valence-electron chi connectivity index (χ1n) is 9.66. The maximum absolute atomic E-state index is 13.1. The van der Waals surface area contributed by atoms with Crippen molar-refractivity contribution in [3.63, 3.8) is 0 Å². The molecule has 0 bridgehead atoms. The zero-order valence-electron chi connectivity index (χ0n) is 15.1. The van der Waals surface area contributed by atoms with Crippen LogP contribution in [-0.2, 0) is 11.2 Å². The van der Waals surface area contributed by atoms with Crippen LogP contribution in [0.5, 0.6) is 0 Å². The summed E-state index contributed by atoms with van der Waals surface area (Å²) >= 11 is 0. The fourth-order valence-electron chi connectivity index (χ4n) is 4.27. The van der Waals surface area contributed by atoms with Crippen molar-refractivity contribution in [3.05, 3.63) is 54.5 Å². The Morgan fingerprint density at radius 3 is 2.58 bits per heavy atom. The SMILES string of the molecule is O=C(C1CCN(c2cnccn2)CC1)N1CCCC1Cc1ccccc1. The van der Waals surface area contributed by atoms with Crippen molar-refractivity contribution < 1.29 is 4.79 Å². The predicted molar refractivity (Wildman–Crippen MR) is 102 cm³/mol. The van der Waals surface area contributed by atoms with Crippen molar-refractivity contribution in [2.24, 2.45) is 5.92 Å². The molecule has 1 atom stereocenters. The van der Waals surface area contributed by atoms with Crippen molar-refractivity contribution in [1.82, 2.24) is 14.9 Å². The number of carbonyl (C=O) groups is 1. The molecule has 0 radical (unpaired) electrons. The van der Waals surface area contributed by atoms with Crippen LogP contribution >= 0.6 is 0 Å². The van der Waals surface area contributed by atoms with Gasteiger partial charge in [-0.15, -0.1) is 0 Å². The maximum atomic E-state index is 13.1. The van der Waals surface area contributed by atoms with Gasteiger partial charge in [-0.05, 0) is 37.7 Å². The van der Waals surface area contributed by atoms with Gasteiger partial charge in [-0.25, -0.2) is 4.98 Å². The zero-order valence-corrected chi connectivity index (χ0v) is 15.1. The fourth-order valence-corrected chi connectivity index (χ4v) is 4.27. The number of hydrogen-bond donors (Lipinski definition) is 0. The Morgan fingerprint density at radius 2 is 1.85 bits per heavy atom. The topological polar surface area (TPSA) is 49.3 Å². The monoisotopic (exact) mass is 350 g/mol. The number of hydrogen-bond acceptors (Lipinski definition) is 4. The lowest BCUT2D eigenvalue weighted by molar-refractivity contribution is -0.137. The van der Waals surface area contributed by atoms with E-state index in [1.165, 1.54) is 5.56 Å². The van der Waals surface area contributed by atoms with Gasteiger partial charge in [0.2, 0.25) is 5.91 Å². The van der Waals surface area contributed by atoms with Gasteiger partial charge in [-0.2, -0.15) is 0 Å².